The predicted molar refractivity (Wildman–Crippen MR) is 79.5 cm³/mol. The molecule has 0 radical (unpaired) electrons. The van der Waals surface area contributed by atoms with Gasteiger partial charge in [-0.2, -0.15) is 0 Å². The lowest BCUT2D eigenvalue weighted by atomic mass is 9.79. The van der Waals surface area contributed by atoms with Crippen LogP contribution in [0.5, 0.6) is 0 Å². The second-order valence-corrected chi connectivity index (χ2v) is 5.55. The number of rotatable bonds is 2. The molecular weight excluding hydrogens is 282 g/mol. The van der Waals surface area contributed by atoms with Gasteiger partial charge < -0.3 is 10.1 Å². The Hall–Kier alpha value is -2.27. The van der Waals surface area contributed by atoms with E-state index >= 15 is 0 Å². The quantitative estimate of drug-likeness (QED) is 0.907. The molecule has 1 aromatic rings. The van der Waals surface area contributed by atoms with E-state index in [1.54, 1.807) is 24.3 Å². The fourth-order valence-electron chi connectivity index (χ4n) is 2.99. The van der Waals surface area contributed by atoms with Crippen LogP contribution in [-0.4, -0.2) is 29.8 Å². The summed E-state index contributed by atoms with van der Waals surface area (Å²) in [7, 11) is 0. The van der Waals surface area contributed by atoms with Crippen LogP contribution >= 0.6 is 0 Å². The van der Waals surface area contributed by atoms with Crippen LogP contribution < -0.4 is 5.32 Å². The van der Waals surface area contributed by atoms with E-state index in [4.69, 9.17) is 4.74 Å². The van der Waals surface area contributed by atoms with E-state index in [9.17, 15) is 14.4 Å². The van der Waals surface area contributed by atoms with Crippen LogP contribution in [0.15, 0.2) is 35.4 Å². The first kappa shape index (κ1) is 14.7. The minimum atomic E-state index is -0.851. The second-order valence-electron chi connectivity index (χ2n) is 5.55. The van der Waals surface area contributed by atoms with Crippen molar-refractivity contribution < 1.29 is 19.1 Å². The van der Waals surface area contributed by atoms with Crippen LogP contribution in [0.4, 0.5) is 0 Å². The van der Waals surface area contributed by atoms with Gasteiger partial charge in [0, 0.05) is 30.0 Å². The third-order valence-corrected chi connectivity index (χ3v) is 4.07. The summed E-state index contributed by atoms with van der Waals surface area (Å²) in [6.45, 7) is 3.31. The molecule has 22 heavy (non-hydrogen) atoms. The SMILES string of the molecule is CCC1CC2=C(C(=O)c3ccccc3C2=O)C(NC(C)=O)O1. The maximum atomic E-state index is 12.7. The van der Waals surface area contributed by atoms with Crippen molar-refractivity contribution >= 4 is 17.5 Å². The maximum Gasteiger partial charge on any atom is 0.219 e. The number of carbonyl (C=O) groups is 3. The molecule has 0 bridgehead atoms. The van der Waals surface area contributed by atoms with Crippen molar-refractivity contribution in [2.45, 2.75) is 39.0 Å². The molecule has 2 unspecified atom stereocenters. The summed E-state index contributed by atoms with van der Waals surface area (Å²) >= 11 is 0. The normalized spacial score (nSPS) is 23.9. The van der Waals surface area contributed by atoms with Crippen LogP contribution in [0, 0.1) is 0 Å². The van der Waals surface area contributed by atoms with Gasteiger partial charge in [0.25, 0.3) is 0 Å². The summed E-state index contributed by atoms with van der Waals surface area (Å²) in [5.74, 6) is -0.673. The van der Waals surface area contributed by atoms with Crippen LogP contribution in [0.3, 0.4) is 0 Å². The molecule has 0 aromatic heterocycles. The number of ketones is 2. The van der Waals surface area contributed by atoms with Crippen LogP contribution in [0.25, 0.3) is 0 Å². The monoisotopic (exact) mass is 299 g/mol. The Balaban J connectivity index is 2.12. The minimum Gasteiger partial charge on any atom is -0.350 e. The Bertz CT molecular complexity index is 704. The highest BCUT2D eigenvalue weighted by atomic mass is 16.5. The van der Waals surface area contributed by atoms with Gasteiger partial charge in [-0.25, -0.2) is 0 Å². The largest absolute Gasteiger partial charge is 0.350 e. The van der Waals surface area contributed by atoms with Crippen LogP contribution in [-0.2, 0) is 9.53 Å². The first-order valence-electron chi connectivity index (χ1n) is 7.37. The number of carbonyl (C=O) groups excluding carboxylic acids is 3. The lowest BCUT2D eigenvalue weighted by molar-refractivity contribution is -0.124. The predicted octanol–water partition coefficient (Wildman–Crippen LogP) is 2.02. The van der Waals surface area contributed by atoms with Crippen molar-refractivity contribution in [1.82, 2.24) is 5.32 Å². The standard InChI is InChI=1S/C17H17NO4/c1-3-10-8-13-14(17(22-10)18-9(2)19)16(21)12-7-5-4-6-11(12)15(13)20/h4-7,10,17H,3,8H2,1-2H3,(H,18,19). The van der Waals surface area contributed by atoms with Gasteiger partial charge in [0.15, 0.2) is 17.8 Å². The van der Waals surface area contributed by atoms with E-state index in [-0.39, 0.29) is 29.2 Å². The molecule has 2 aliphatic rings. The number of fused-ring (bicyclic) bond motifs is 1. The van der Waals surface area contributed by atoms with Gasteiger partial charge in [-0.05, 0) is 6.42 Å². The van der Waals surface area contributed by atoms with Gasteiger partial charge in [-0.3, -0.25) is 14.4 Å². The van der Waals surface area contributed by atoms with E-state index in [0.29, 0.717) is 29.5 Å². The highest BCUT2D eigenvalue weighted by Gasteiger charge is 2.41. The zero-order valence-corrected chi connectivity index (χ0v) is 12.5. The summed E-state index contributed by atoms with van der Waals surface area (Å²) in [6.07, 6.45) is 0.0743. The highest BCUT2D eigenvalue weighted by Crippen LogP contribution is 2.35. The molecule has 1 amide bonds. The van der Waals surface area contributed by atoms with Gasteiger partial charge >= 0.3 is 0 Å². The topological polar surface area (TPSA) is 72.5 Å². The van der Waals surface area contributed by atoms with E-state index in [0.717, 1.165) is 0 Å². The molecule has 5 heteroatoms. The Morgan fingerprint density at radius 1 is 1.23 bits per heavy atom. The van der Waals surface area contributed by atoms with Crippen LogP contribution in [0.1, 0.15) is 47.4 Å². The maximum absolute atomic E-state index is 12.7. The first-order valence-corrected chi connectivity index (χ1v) is 7.37. The molecular formula is C17H17NO4. The number of hydrogen-bond acceptors (Lipinski definition) is 4. The zero-order valence-electron chi connectivity index (χ0n) is 12.5. The lowest BCUT2D eigenvalue weighted by Gasteiger charge is -2.35. The van der Waals surface area contributed by atoms with E-state index in [1.165, 1.54) is 6.92 Å². The lowest BCUT2D eigenvalue weighted by Crippen LogP contribution is -2.47. The molecule has 1 heterocycles. The summed E-state index contributed by atoms with van der Waals surface area (Å²) in [6, 6.07) is 6.78. The second kappa shape index (κ2) is 5.50. The highest BCUT2D eigenvalue weighted by molar-refractivity contribution is 6.27. The fraction of sp³-hybridized carbons (Fsp3) is 0.353. The molecule has 3 rings (SSSR count). The number of nitrogens with one attached hydrogen (secondary N) is 1. The van der Waals surface area contributed by atoms with Gasteiger partial charge in [0.05, 0.1) is 11.7 Å². The number of ether oxygens (including phenoxy) is 1. The number of hydrogen-bond donors (Lipinski definition) is 1. The number of benzene rings is 1. The molecule has 1 aromatic carbocycles. The van der Waals surface area contributed by atoms with Gasteiger partial charge in [0.2, 0.25) is 5.91 Å². The van der Waals surface area contributed by atoms with E-state index in [2.05, 4.69) is 5.32 Å². The summed E-state index contributed by atoms with van der Waals surface area (Å²) in [5, 5.41) is 2.63. The third-order valence-electron chi connectivity index (χ3n) is 4.07. The number of amides is 1. The van der Waals surface area contributed by atoms with Gasteiger partial charge in [0.1, 0.15) is 0 Å². The Kier molecular flexibility index (Phi) is 3.66. The van der Waals surface area contributed by atoms with Crippen molar-refractivity contribution in [2.24, 2.45) is 0 Å². The van der Waals surface area contributed by atoms with E-state index in [1.807, 2.05) is 6.92 Å². The third kappa shape index (κ3) is 2.27. The molecule has 0 fully saturated rings. The molecule has 2 atom stereocenters. The molecule has 0 spiro atoms. The summed E-state index contributed by atoms with van der Waals surface area (Å²) in [4.78, 5) is 36.9. The molecule has 0 saturated heterocycles. The van der Waals surface area contributed by atoms with Crippen molar-refractivity contribution in [2.75, 3.05) is 0 Å². The average Bonchev–Trinajstić information content (AvgIpc) is 2.51. The van der Waals surface area contributed by atoms with Gasteiger partial charge in [-0.15, -0.1) is 0 Å². The Labute approximate surface area is 128 Å². The smallest absolute Gasteiger partial charge is 0.219 e. The van der Waals surface area contributed by atoms with Crippen LogP contribution in [0.2, 0.25) is 0 Å². The zero-order chi connectivity index (χ0) is 15.9. The fourth-order valence-corrected chi connectivity index (χ4v) is 2.99. The minimum absolute atomic E-state index is 0.137. The summed E-state index contributed by atoms with van der Waals surface area (Å²) < 4.78 is 5.79. The number of Topliss-reactive ketones (excluding diaryl/α,β-unsaturated/α-hetero) is 2. The Morgan fingerprint density at radius 2 is 1.86 bits per heavy atom. The molecule has 1 aliphatic heterocycles. The van der Waals surface area contributed by atoms with Crippen molar-refractivity contribution in [3.8, 4) is 0 Å². The van der Waals surface area contributed by atoms with E-state index < -0.39 is 6.23 Å². The van der Waals surface area contributed by atoms with Gasteiger partial charge in [-0.1, -0.05) is 31.2 Å². The van der Waals surface area contributed by atoms with Crippen molar-refractivity contribution in [1.29, 1.82) is 0 Å². The summed E-state index contributed by atoms with van der Waals surface area (Å²) in [5.41, 5.74) is 1.56. The average molecular weight is 299 g/mol. The first-order chi connectivity index (χ1) is 10.5. The molecule has 1 aliphatic carbocycles. The molecule has 0 saturated carbocycles. The van der Waals surface area contributed by atoms with Crippen molar-refractivity contribution in [3.05, 3.63) is 46.5 Å². The molecule has 1 N–H and O–H groups in total. The molecule has 114 valence electrons. The Morgan fingerprint density at radius 3 is 2.45 bits per heavy atom. The molecule has 5 nitrogen and oxygen atoms in total. The van der Waals surface area contributed by atoms with Crippen molar-refractivity contribution in [3.63, 3.8) is 0 Å².